The molecule has 1 N–H and O–H groups in total. The molecule has 0 saturated heterocycles. The summed E-state index contributed by atoms with van der Waals surface area (Å²) in [7, 11) is 0. The second kappa shape index (κ2) is 8.13. The lowest BCUT2D eigenvalue weighted by molar-refractivity contribution is -0.116. The van der Waals surface area contributed by atoms with Crippen LogP contribution in [-0.4, -0.2) is 15.0 Å². The molecule has 0 fully saturated rings. The summed E-state index contributed by atoms with van der Waals surface area (Å²) >= 11 is 3.30. The highest BCUT2D eigenvalue weighted by atomic mass is 79.9. The Hall–Kier alpha value is -3.00. The number of benzene rings is 2. The molecule has 1 aromatic heterocycles. The van der Waals surface area contributed by atoms with Crippen molar-refractivity contribution >= 4 is 27.5 Å². The van der Waals surface area contributed by atoms with E-state index in [0.29, 0.717) is 11.3 Å². The molecule has 8 heteroatoms. The highest BCUT2D eigenvalue weighted by molar-refractivity contribution is 9.10. The Morgan fingerprint density at radius 3 is 2.52 bits per heavy atom. The van der Waals surface area contributed by atoms with Gasteiger partial charge in [0.05, 0.1) is 6.54 Å². The van der Waals surface area contributed by atoms with Gasteiger partial charge in [-0.05, 0) is 42.0 Å². The maximum atomic E-state index is 13.3. The Balaban J connectivity index is 1.80. The monoisotopic (exact) mass is 431 g/mol. The van der Waals surface area contributed by atoms with Gasteiger partial charge in [-0.1, -0.05) is 28.1 Å². The van der Waals surface area contributed by atoms with Gasteiger partial charge in [-0.3, -0.25) is 18.7 Å². The number of halogens is 2. The molecule has 0 aliphatic heterocycles. The SMILES string of the molecule is O=C(Cn1c(=O)ccn(Cc2cccc(F)c2)c1=O)Nc1ccc(Br)cc1. The van der Waals surface area contributed by atoms with Gasteiger partial charge in [0, 0.05) is 22.4 Å². The van der Waals surface area contributed by atoms with Gasteiger partial charge >= 0.3 is 5.69 Å². The maximum absolute atomic E-state index is 13.3. The van der Waals surface area contributed by atoms with Crippen molar-refractivity contribution in [2.45, 2.75) is 13.1 Å². The molecule has 0 bridgehead atoms. The zero-order valence-corrected chi connectivity index (χ0v) is 15.6. The fourth-order valence-corrected chi connectivity index (χ4v) is 2.80. The Labute approximate surface area is 162 Å². The predicted octanol–water partition coefficient (Wildman–Crippen LogP) is 2.60. The van der Waals surface area contributed by atoms with Crippen LogP contribution in [-0.2, 0) is 17.9 Å². The molecule has 2 aromatic carbocycles. The minimum Gasteiger partial charge on any atom is -0.325 e. The molecule has 3 rings (SSSR count). The Morgan fingerprint density at radius 2 is 1.81 bits per heavy atom. The second-order valence-electron chi connectivity index (χ2n) is 5.84. The summed E-state index contributed by atoms with van der Waals surface area (Å²) < 4.78 is 16.3. The fraction of sp³-hybridized carbons (Fsp3) is 0.105. The van der Waals surface area contributed by atoms with Crippen molar-refractivity contribution in [3.05, 3.63) is 97.5 Å². The van der Waals surface area contributed by atoms with Crippen LogP contribution >= 0.6 is 15.9 Å². The normalized spacial score (nSPS) is 10.6. The van der Waals surface area contributed by atoms with Crippen molar-refractivity contribution in [1.82, 2.24) is 9.13 Å². The Bertz CT molecular complexity index is 1090. The minimum absolute atomic E-state index is 0.0885. The van der Waals surface area contributed by atoms with Gasteiger partial charge < -0.3 is 5.32 Å². The van der Waals surface area contributed by atoms with Crippen LogP contribution in [0.3, 0.4) is 0 Å². The predicted molar refractivity (Wildman–Crippen MR) is 103 cm³/mol. The van der Waals surface area contributed by atoms with Crippen molar-refractivity contribution in [3.63, 3.8) is 0 Å². The highest BCUT2D eigenvalue weighted by Crippen LogP contribution is 2.13. The van der Waals surface area contributed by atoms with Crippen LogP contribution in [0.4, 0.5) is 10.1 Å². The van der Waals surface area contributed by atoms with E-state index in [0.717, 1.165) is 9.04 Å². The van der Waals surface area contributed by atoms with E-state index in [1.54, 1.807) is 30.3 Å². The molecule has 0 radical (unpaired) electrons. The minimum atomic E-state index is -0.641. The van der Waals surface area contributed by atoms with Crippen LogP contribution in [0.25, 0.3) is 0 Å². The lowest BCUT2D eigenvalue weighted by Gasteiger charge is -2.10. The summed E-state index contributed by atoms with van der Waals surface area (Å²) in [5.41, 5.74) is -0.104. The van der Waals surface area contributed by atoms with Crippen LogP contribution in [0, 0.1) is 5.82 Å². The maximum Gasteiger partial charge on any atom is 0.331 e. The van der Waals surface area contributed by atoms with E-state index in [9.17, 15) is 18.8 Å². The van der Waals surface area contributed by atoms with Crippen LogP contribution in [0.15, 0.2) is 74.9 Å². The number of aromatic nitrogens is 2. The molecular formula is C19H15BrFN3O3. The molecule has 0 spiro atoms. The zero-order valence-electron chi connectivity index (χ0n) is 14.1. The van der Waals surface area contributed by atoms with Crippen LogP contribution in [0.2, 0.25) is 0 Å². The molecule has 0 unspecified atom stereocenters. The lowest BCUT2D eigenvalue weighted by Crippen LogP contribution is -2.41. The number of anilines is 1. The van der Waals surface area contributed by atoms with Crippen LogP contribution in [0.5, 0.6) is 0 Å². The summed E-state index contributed by atoms with van der Waals surface area (Å²) in [4.78, 5) is 36.8. The molecule has 138 valence electrons. The molecule has 6 nitrogen and oxygen atoms in total. The van der Waals surface area contributed by atoms with Crippen molar-refractivity contribution in [3.8, 4) is 0 Å². The van der Waals surface area contributed by atoms with E-state index in [-0.39, 0.29) is 6.54 Å². The van der Waals surface area contributed by atoms with Crippen LogP contribution < -0.4 is 16.6 Å². The highest BCUT2D eigenvalue weighted by Gasteiger charge is 2.11. The number of hydrogen-bond acceptors (Lipinski definition) is 3. The van der Waals surface area contributed by atoms with Gasteiger partial charge in [-0.25, -0.2) is 9.18 Å². The van der Waals surface area contributed by atoms with Crippen molar-refractivity contribution < 1.29 is 9.18 Å². The number of amides is 1. The van der Waals surface area contributed by atoms with E-state index in [2.05, 4.69) is 21.2 Å². The number of carbonyl (C=O) groups is 1. The van der Waals surface area contributed by atoms with Crippen molar-refractivity contribution in [2.75, 3.05) is 5.32 Å². The third-order valence-corrected chi connectivity index (χ3v) is 4.34. The van der Waals surface area contributed by atoms with Gasteiger partial charge in [0.1, 0.15) is 12.4 Å². The van der Waals surface area contributed by atoms with Gasteiger partial charge in [0.15, 0.2) is 0 Å². The molecule has 0 aliphatic rings. The molecule has 27 heavy (non-hydrogen) atoms. The molecule has 1 heterocycles. The van der Waals surface area contributed by atoms with Crippen molar-refractivity contribution in [2.24, 2.45) is 0 Å². The first-order valence-electron chi connectivity index (χ1n) is 8.02. The third-order valence-electron chi connectivity index (χ3n) is 3.81. The average Bonchev–Trinajstić information content (AvgIpc) is 2.63. The molecular weight excluding hydrogens is 417 g/mol. The third kappa shape index (κ3) is 4.79. The lowest BCUT2D eigenvalue weighted by atomic mass is 10.2. The first kappa shape index (κ1) is 18.8. The van der Waals surface area contributed by atoms with E-state index in [1.165, 1.54) is 35.0 Å². The van der Waals surface area contributed by atoms with Gasteiger partial charge in [0.25, 0.3) is 5.56 Å². The van der Waals surface area contributed by atoms with Gasteiger partial charge in [-0.15, -0.1) is 0 Å². The smallest absolute Gasteiger partial charge is 0.325 e. The average molecular weight is 432 g/mol. The molecule has 0 saturated carbocycles. The van der Waals surface area contributed by atoms with Gasteiger partial charge in [0.2, 0.25) is 5.91 Å². The van der Waals surface area contributed by atoms with Crippen LogP contribution in [0.1, 0.15) is 5.56 Å². The molecule has 3 aromatic rings. The number of nitrogens with zero attached hydrogens (tertiary/aromatic N) is 2. The fourth-order valence-electron chi connectivity index (χ4n) is 2.53. The van der Waals surface area contributed by atoms with E-state index in [1.807, 2.05) is 0 Å². The van der Waals surface area contributed by atoms with Gasteiger partial charge in [-0.2, -0.15) is 0 Å². The van der Waals surface area contributed by atoms with E-state index in [4.69, 9.17) is 0 Å². The first-order chi connectivity index (χ1) is 12.9. The van der Waals surface area contributed by atoms with E-state index >= 15 is 0 Å². The molecule has 0 aliphatic carbocycles. The largest absolute Gasteiger partial charge is 0.331 e. The second-order valence-corrected chi connectivity index (χ2v) is 6.75. The summed E-state index contributed by atoms with van der Waals surface area (Å²) in [6.07, 6.45) is 1.33. The standard InChI is InChI=1S/C19H15BrFN3O3/c20-14-4-6-16(7-5-14)22-17(25)12-24-18(26)8-9-23(19(24)27)11-13-2-1-3-15(21)10-13/h1-10H,11-12H2,(H,22,25). The number of carbonyl (C=O) groups excluding carboxylic acids is 1. The summed E-state index contributed by atoms with van der Waals surface area (Å²) in [5.74, 6) is -0.914. The molecule has 0 atom stereocenters. The molecule has 1 amide bonds. The Morgan fingerprint density at radius 1 is 1.07 bits per heavy atom. The number of rotatable bonds is 5. The Kier molecular flexibility index (Phi) is 5.66. The quantitative estimate of drug-likeness (QED) is 0.674. The van der Waals surface area contributed by atoms with Crippen molar-refractivity contribution in [1.29, 1.82) is 0 Å². The summed E-state index contributed by atoms with van der Waals surface area (Å²) in [5, 5.41) is 2.63. The first-order valence-corrected chi connectivity index (χ1v) is 8.82. The van der Waals surface area contributed by atoms with E-state index < -0.39 is 29.5 Å². The number of nitrogens with one attached hydrogen (secondary N) is 1. The summed E-state index contributed by atoms with van der Waals surface area (Å²) in [6, 6.07) is 13.9. The summed E-state index contributed by atoms with van der Waals surface area (Å²) in [6.45, 7) is -0.330. The zero-order chi connectivity index (χ0) is 19.4. The number of hydrogen-bond donors (Lipinski definition) is 1. The topological polar surface area (TPSA) is 73.1 Å².